The number of nitrogens with zero attached hydrogens (tertiary/aromatic N) is 1. The molecule has 138 valence electrons. The fourth-order valence-electron chi connectivity index (χ4n) is 3.38. The molecule has 1 saturated heterocycles. The predicted molar refractivity (Wildman–Crippen MR) is 100 cm³/mol. The quantitative estimate of drug-likeness (QED) is 0.662. The normalized spacial score (nSPS) is 19.4. The lowest BCUT2D eigenvalue weighted by Gasteiger charge is -2.24. The number of hydrogen-bond donors (Lipinski definition) is 0. The van der Waals surface area contributed by atoms with Crippen molar-refractivity contribution in [2.75, 3.05) is 12.2 Å². The Morgan fingerprint density at radius 3 is 2.70 bits per heavy atom. The van der Waals surface area contributed by atoms with Crippen LogP contribution < -0.4 is 10.5 Å². The number of carbonyl (C=O) groups is 1. The predicted octanol–water partition coefficient (Wildman–Crippen LogP) is 3.53. The molecule has 0 saturated carbocycles. The highest BCUT2D eigenvalue weighted by atomic mass is 16.7. The summed E-state index contributed by atoms with van der Waals surface area (Å²) in [5.41, 5.74) is 2.58. The zero-order valence-electron chi connectivity index (χ0n) is 15.0. The van der Waals surface area contributed by atoms with E-state index in [0.717, 1.165) is 11.3 Å². The lowest BCUT2D eigenvalue weighted by molar-refractivity contribution is -0.151. The molecule has 0 spiro atoms. The fourth-order valence-corrected chi connectivity index (χ4v) is 3.38. The minimum Gasteiger partial charge on any atom is -0.467 e. The Kier molecular flexibility index (Phi) is 4.41. The molecule has 1 fully saturated rings. The number of esters is 1. The number of aryl methyl sites for hydroxylation is 1. The summed E-state index contributed by atoms with van der Waals surface area (Å²) in [5, 5.41) is 2.11. The first-order valence-electron chi connectivity index (χ1n) is 8.69. The van der Waals surface area contributed by atoms with E-state index in [1.165, 1.54) is 13.4 Å². The molecular formula is C21H19NO5. The molecule has 1 aliphatic heterocycles. The van der Waals surface area contributed by atoms with E-state index in [1.54, 1.807) is 11.1 Å². The summed E-state index contributed by atoms with van der Waals surface area (Å²) in [6.45, 7) is 1.92. The number of fused-ring (bicyclic) bond motifs is 1. The number of para-hydroxylation sites is 1. The Morgan fingerprint density at radius 1 is 1.19 bits per heavy atom. The van der Waals surface area contributed by atoms with Gasteiger partial charge in [0.05, 0.1) is 29.8 Å². The fraction of sp³-hybridized carbons (Fsp3) is 0.238. The van der Waals surface area contributed by atoms with Gasteiger partial charge in [0.2, 0.25) is 0 Å². The maximum absolute atomic E-state index is 13.1. The van der Waals surface area contributed by atoms with E-state index in [9.17, 15) is 9.59 Å². The molecule has 2 aromatic carbocycles. The van der Waals surface area contributed by atoms with Gasteiger partial charge < -0.3 is 9.15 Å². The van der Waals surface area contributed by atoms with E-state index in [-0.39, 0.29) is 5.43 Å². The van der Waals surface area contributed by atoms with E-state index in [1.807, 2.05) is 49.4 Å². The first-order chi connectivity index (χ1) is 13.1. The van der Waals surface area contributed by atoms with Gasteiger partial charge in [-0.15, -0.1) is 0 Å². The molecule has 4 rings (SSSR count). The Balaban J connectivity index is 1.82. The van der Waals surface area contributed by atoms with Gasteiger partial charge in [-0.2, -0.15) is 0 Å². The molecule has 0 radical (unpaired) electrons. The number of carbonyl (C=O) groups excluding carboxylic acids is 1. The summed E-state index contributed by atoms with van der Waals surface area (Å²) in [6, 6.07) is 14.4. The van der Waals surface area contributed by atoms with Crippen molar-refractivity contribution in [3.8, 4) is 0 Å². The van der Waals surface area contributed by atoms with Gasteiger partial charge in [0.1, 0.15) is 11.8 Å². The second-order valence-electron chi connectivity index (χ2n) is 6.55. The van der Waals surface area contributed by atoms with Crippen LogP contribution in [0.15, 0.2) is 64.0 Å². The zero-order chi connectivity index (χ0) is 19.0. The lowest BCUT2D eigenvalue weighted by atomic mass is 10.0. The van der Waals surface area contributed by atoms with Crippen molar-refractivity contribution >= 4 is 22.6 Å². The standard InChI is InChI=1S/C21H19NO5/c1-13-8-9-18-15(10-13)20(23)16(12-26-18)17-11-19(21(24)25-2)27-22(17)14-6-4-3-5-7-14/h3-10,12,17,19H,11H2,1-2H3/t17-,19-/m0/s1. The molecule has 2 heterocycles. The lowest BCUT2D eigenvalue weighted by Crippen LogP contribution is -2.27. The van der Waals surface area contributed by atoms with Gasteiger partial charge in [-0.3, -0.25) is 9.63 Å². The second kappa shape index (κ2) is 6.89. The second-order valence-corrected chi connectivity index (χ2v) is 6.55. The minimum absolute atomic E-state index is 0.125. The number of hydroxylamine groups is 1. The van der Waals surface area contributed by atoms with Gasteiger partial charge in [0.25, 0.3) is 0 Å². The van der Waals surface area contributed by atoms with Crippen LogP contribution in [0.25, 0.3) is 11.0 Å². The highest BCUT2D eigenvalue weighted by Crippen LogP contribution is 2.37. The van der Waals surface area contributed by atoms with Crippen molar-refractivity contribution in [3.05, 3.63) is 76.1 Å². The third kappa shape index (κ3) is 3.08. The topological polar surface area (TPSA) is 69.0 Å². The minimum atomic E-state index is -0.784. The van der Waals surface area contributed by atoms with Crippen LogP contribution in [0.4, 0.5) is 5.69 Å². The van der Waals surface area contributed by atoms with Crippen molar-refractivity contribution in [2.24, 2.45) is 0 Å². The van der Waals surface area contributed by atoms with Crippen molar-refractivity contribution in [1.29, 1.82) is 0 Å². The molecular weight excluding hydrogens is 346 g/mol. The third-order valence-electron chi connectivity index (χ3n) is 4.75. The summed E-state index contributed by atoms with van der Waals surface area (Å²) in [5.74, 6) is -0.473. The Labute approximate surface area is 155 Å². The summed E-state index contributed by atoms with van der Waals surface area (Å²) in [6.07, 6.45) is 0.973. The molecule has 27 heavy (non-hydrogen) atoms. The molecule has 2 atom stereocenters. The number of ether oxygens (including phenoxy) is 1. The number of benzene rings is 2. The highest BCUT2D eigenvalue weighted by molar-refractivity contribution is 5.78. The average Bonchev–Trinajstić information content (AvgIpc) is 3.14. The molecule has 1 aliphatic rings. The first-order valence-corrected chi connectivity index (χ1v) is 8.69. The maximum atomic E-state index is 13.1. The van der Waals surface area contributed by atoms with Crippen LogP contribution >= 0.6 is 0 Å². The van der Waals surface area contributed by atoms with Crippen LogP contribution in [0.3, 0.4) is 0 Å². The Bertz CT molecular complexity index is 1040. The van der Waals surface area contributed by atoms with Crippen LogP contribution in [-0.4, -0.2) is 19.2 Å². The van der Waals surface area contributed by atoms with E-state index in [4.69, 9.17) is 14.0 Å². The number of hydrogen-bond acceptors (Lipinski definition) is 6. The summed E-state index contributed by atoms with van der Waals surface area (Å²) in [7, 11) is 1.32. The molecule has 0 amide bonds. The van der Waals surface area contributed by atoms with E-state index < -0.39 is 18.1 Å². The van der Waals surface area contributed by atoms with E-state index >= 15 is 0 Å². The molecule has 6 nitrogen and oxygen atoms in total. The first kappa shape index (κ1) is 17.3. The third-order valence-corrected chi connectivity index (χ3v) is 4.75. The van der Waals surface area contributed by atoms with Crippen LogP contribution in [0.5, 0.6) is 0 Å². The van der Waals surface area contributed by atoms with Gasteiger partial charge in [-0.05, 0) is 31.2 Å². The van der Waals surface area contributed by atoms with Crippen LogP contribution in [0, 0.1) is 6.92 Å². The molecule has 0 bridgehead atoms. The Hall–Kier alpha value is -3.12. The molecule has 1 aromatic heterocycles. The van der Waals surface area contributed by atoms with E-state index in [0.29, 0.717) is 23.0 Å². The monoisotopic (exact) mass is 365 g/mol. The molecule has 0 aliphatic carbocycles. The van der Waals surface area contributed by atoms with E-state index in [2.05, 4.69) is 0 Å². The molecule has 0 unspecified atom stereocenters. The number of anilines is 1. The van der Waals surface area contributed by atoms with Gasteiger partial charge in [-0.25, -0.2) is 9.86 Å². The Morgan fingerprint density at radius 2 is 1.96 bits per heavy atom. The average molecular weight is 365 g/mol. The molecule has 6 heteroatoms. The van der Waals surface area contributed by atoms with Gasteiger partial charge in [-0.1, -0.05) is 29.8 Å². The SMILES string of the molecule is COC(=O)[C@@H]1C[C@@H](c2coc3ccc(C)cc3c2=O)N(c2ccccc2)O1. The van der Waals surface area contributed by atoms with Crippen molar-refractivity contribution in [1.82, 2.24) is 0 Å². The zero-order valence-corrected chi connectivity index (χ0v) is 15.0. The van der Waals surface area contributed by atoms with Crippen molar-refractivity contribution in [3.63, 3.8) is 0 Å². The maximum Gasteiger partial charge on any atom is 0.337 e. The number of rotatable bonds is 3. The van der Waals surface area contributed by atoms with Crippen molar-refractivity contribution in [2.45, 2.75) is 25.5 Å². The largest absolute Gasteiger partial charge is 0.467 e. The van der Waals surface area contributed by atoms with Crippen LogP contribution in [-0.2, 0) is 14.4 Å². The number of methoxy groups -OCH3 is 1. The van der Waals surface area contributed by atoms with Crippen molar-refractivity contribution < 1.29 is 18.8 Å². The van der Waals surface area contributed by atoms with Gasteiger partial charge in [0.15, 0.2) is 11.5 Å². The highest BCUT2D eigenvalue weighted by Gasteiger charge is 2.41. The molecule has 0 N–H and O–H groups in total. The summed E-state index contributed by atoms with van der Waals surface area (Å²) in [4.78, 5) is 31.0. The summed E-state index contributed by atoms with van der Waals surface area (Å²) < 4.78 is 10.5. The molecule has 3 aromatic rings. The smallest absolute Gasteiger partial charge is 0.337 e. The van der Waals surface area contributed by atoms with Crippen LogP contribution in [0.1, 0.15) is 23.6 Å². The summed E-state index contributed by atoms with van der Waals surface area (Å²) >= 11 is 0. The van der Waals surface area contributed by atoms with Gasteiger partial charge in [0, 0.05) is 6.42 Å². The van der Waals surface area contributed by atoms with Gasteiger partial charge >= 0.3 is 5.97 Å². The van der Waals surface area contributed by atoms with Crippen LogP contribution in [0.2, 0.25) is 0 Å².